The number of nitro groups is 1. The van der Waals surface area contributed by atoms with Crippen molar-refractivity contribution in [2.45, 2.75) is 4.90 Å². The van der Waals surface area contributed by atoms with E-state index >= 15 is 0 Å². The molecule has 0 fully saturated rings. The van der Waals surface area contributed by atoms with Gasteiger partial charge in [0.1, 0.15) is 11.0 Å². The fourth-order valence-electron chi connectivity index (χ4n) is 1.70. The Morgan fingerprint density at radius 1 is 1.23 bits per heavy atom. The molecule has 0 saturated heterocycles. The molecule has 1 N–H and O–H groups in total. The van der Waals surface area contributed by atoms with Crippen molar-refractivity contribution in [1.29, 1.82) is 5.26 Å². The summed E-state index contributed by atoms with van der Waals surface area (Å²) in [7, 11) is -4.05. The zero-order valence-corrected chi connectivity index (χ0v) is 13.3. The van der Waals surface area contributed by atoms with Crippen molar-refractivity contribution in [3.63, 3.8) is 0 Å². The van der Waals surface area contributed by atoms with Crippen LogP contribution in [-0.4, -0.2) is 13.3 Å². The Bertz CT molecular complexity index is 890. The molecule has 0 aliphatic rings. The predicted octanol–water partition coefficient (Wildman–Crippen LogP) is 3.03. The van der Waals surface area contributed by atoms with Crippen LogP contribution in [0.4, 0.5) is 11.4 Å². The first-order valence-electron chi connectivity index (χ1n) is 5.81. The highest BCUT2D eigenvalue weighted by Gasteiger charge is 2.20. The molecule has 7 nitrogen and oxygen atoms in total. The molecule has 22 heavy (non-hydrogen) atoms. The van der Waals surface area contributed by atoms with Crippen LogP contribution in [0.25, 0.3) is 0 Å². The van der Waals surface area contributed by atoms with Crippen molar-refractivity contribution in [3.8, 4) is 6.07 Å². The van der Waals surface area contributed by atoms with E-state index < -0.39 is 14.9 Å². The number of rotatable bonds is 4. The van der Waals surface area contributed by atoms with Crippen LogP contribution in [0.5, 0.6) is 0 Å². The van der Waals surface area contributed by atoms with Crippen LogP contribution in [0.15, 0.2) is 51.8 Å². The van der Waals surface area contributed by atoms with Crippen LogP contribution < -0.4 is 4.72 Å². The van der Waals surface area contributed by atoms with Gasteiger partial charge in [-0.2, -0.15) is 5.26 Å². The molecular weight excluding hydrogens is 374 g/mol. The molecule has 0 amide bonds. The second kappa shape index (κ2) is 6.13. The number of halogens is 1. The number of nitriles is 1. The van der Waals surface area contributed by atoms with Gasteiger partial charge in [0, 0.05) is 16.6 Å². The van der Waals surface area contributed by atoms with Gasteiger partial charge in [-0.3, -0.25) is 14.8 Å². The number of nitro benzene ring substituents is 1. The molecule has 112 valence electrons. The van der Waals surface area contributed by atoms with Gasteiger partial charge < -0.3 is 0 Å². The maximum absolute atomic E-state index is 12.4. The molecular formula is C13H8BrN3O4S. The van der Waals surface area contributed by atoms with Gasteiger partial charge >= 0.3 is 0 Å². The summed E-state index contributed by atoms with van der Waals surface area (Å²) >= 11 is 3.13. The van der Waals surface area contributed by atoms with Crippen molar-refractivity contribution in [1.82, 2.24) is 0 Å². The number of hydrogen-bond donors (Lipinski definition) is 1. The van der Waals surface area contributed by atoms with E-state index in [9.17, 15) is 18.5 Å². The van der Waals surface area contributed by atoms with E-state index in [0.29, 0.717) is 4.47 Å². The van der Waals surface area contributed by atoms with Crippen LogP contribution >= 0.6 is 15.9 Å². The minimum Gasteiger partial charge on any atom is -0.278 e. The Hall–Kier alpha value is -2.44. The molecule has 0 spiro atoms. The fourth-order valence-corrected chi connectivity index (χ4v) is 3.40. The minimum absolute atomic E-state index is 0.0157. The van der Waals surface area contributed by atoms with E-state index in [1.165, 1.54) is 30.3 Å². The number of nitrogens with zero attached hydrogens (tertiary/aromatic N) is 2. The Kier molecular flexibility index (Phi) is 4.44. The van der Waals surface area contributed by atoms with Gasteiger partial charge in [-0.25, -0.2) is 8.42 Å². The first-order chi connectivity index (χ1) is 10.3. The van der Waals surface area contributed by atoms with Gasteiger partial charge in [-0.1, -0.05) is 12.1 Å². The molecule has 0 radical (unpaired) electrons. The monoisotopic (exact) mass is 381 g/mol. The molecule has 0 atom stereocenters. The lowest BCUT2D eigenvalue weighted by Gasteiger charge is -2.10. The number of sulfonamides is 1. The van der Waals surface area contributed by atoms with E-state index in [2.05, 4.69) is 20.7 Å². The summed E-state index contributed by atoms with van der Waals surface area (Å²) in [4.78, 5) is 9.94. The highest BCUT2D eigenvalue weighted by molar-refractivity contribution is 9.10. The summed E-state index contributed by atoms with van der Waals surface area (Å²) in [5.41, 5.74) is -0.257. The lowest BCUT2D eigenvalue weighted by Crippen LogP contribution is -2.14. The average Bonchev–Trinajstić information content (AvgIpc) is 2.49. The predicted molar refractivity (Wildman–Crippen MR) is 82.8 cm³/mol. The Balaban J connectivity index is 2.48. The molecule has 9 heteroatoms. The van der Waals surface area contributed by atoms with Gasteiger partial charge in [-0.15, -0.1) is 0 Å². The van der Waals surface area contributed by atoms with Crippen molar-refractivity contribution in [2.24, 2.45) is 0 Å². The third kappa shape index (κ3) is 3.24. The van der Waals surface area contributed by atoms with Crippen molar-refractivity contribution in [3.05, 3.63) is 62.6 Å². The molecule has 2 aromatic carbocycles. The molecule has 2 aromatic rings. The van der Waals surface area contributed by atoms with Crippen LogP contribution in [0.1, 0.15) is 5.56 Å². The van der Waals surface area contributed by atoms with E-state index in [-0.39, 0.29) is 21.8 Å². The van der Waals surface area contributed by atoms with Gasteiger partial charge in [0.15, 0.2) is 0 Å². The lowest BCUT2D eigenvalue weighted by atomic mass is 10.2. The third-order valence-electron chi connectivity index (χ3n) is 2.70. The van der Waals surface area contributed by atoms with Crippen LogP contribution in [-0.2, 0) is 10.0 Å². The van der Waals surface area contributed by atoms with E-state index in [4.69, 9.17) is 5.26 Å². The highest BCUT2D eigenvalue weighted by Crippen LogP contribution is 2.29. The molecule has 0 aliphatic carbocycles. The lowest BCUT2D eigenvalue weighted by molar-refractivity contribution is -0.384. The van der Waals surface area contributed by atoms with E-state index in [1.807, 2.05) is 0 Å². The zero-order chi connectivity index (χ0) is 16.3. The average molecular weight is 382 g/mol. The second-order valence-electron chi connectivity index (χ2n) is 4.13. The summed E-state index contributed by atoms with van der Waals surface area (Å²) in [5.74, 6) is 0. The molecule has 0 heterocycles. The van der Waals surface area contributed by atoms with E-state index in [0.717, 1.165) is 6.07 Å². The van der Waals surface area contributed by atoms with Crippen molar-refractivity contribution in [2.75, 3.05) is 4.72 Å². The number of hydrogen-bond acceptors (Lipinski definition) is 5. The quantitative estimate of drug-likeness (QED) is 0.645. The topological polar surface area (TPSA) is 113 Å². The van der Waals surface area contributed by atoms with E-state index in [1.54, 1.807) is 12.1 Å². The molecule has 0 bridgehead atoms. The summed E-state index contributed by atoms with van der Waals surface area (Å²) in [5, 5.41) is 19.7. The number of non-ortho nitro benzene ring substituents is 1. The molecule has 0 saturated carbocycles. The number of nitrogens with one attached hydrogen (secondary N) is 1. The maximum Gasteiger partial charge on any atom is 0.271 e. The Labute approximate surface area is 134 Å². The Morgan fingerprint density at radius 3 is 2.55 bits per heavy atom. The Morgan fingerprint density at radius 2 is 1.91 bits per heavy atom. The summed E-state index contributed by atoms with van der Waals surface area (Å²) < 4.78 is 27.3. The third-order valence-corrected chi connectivity index (χ3v) is 4.82. The van der Waals surface area contributed by atoms with Crippen molar-refractivity contribution < 1.29 is 13.3 Å². The normalized spacial score (nSPS) is 10.7. The summed E-state index contributed by atoms with van der Waals surface area (Å²) in [6, 6.07) is 11.2. The first-order valence-corrected chi connectivity index (χ1v) is 8.08. The molecule has 0 aliphatic heterocycles. The highest BCUT2D eigenvalue weighted by atomic mass is 79.9. The first kappa shape index (κ1) is 15.9. The van der Waals surface area contributed by atoms with Crippen molar-refractivity contribution >= 4 is 37.3 Å². The number of benzene rings is 2. The molecule has 2 rings (SSSR count). The summed E-state index contributed by atoms with van der Waals surface area (Å²) in [6.07, 6.45) is 0. The second-order valence-corrected chi connectivity index (χ2v) is 6.64. The largest absolute Gasteiger partial charge is 0.278 e. The fraction of sp³-hybridized carbons (Fsp3) is 0. The number of anilines is 1. The van der Waals surface area contributed by atoms with Crippen LogP contribution in [0.3, 0.4) is 0 Å². The minimum atomic E-state index is -4.05. The van der Waals surface area contributed by atoms with Gasteiger partial charge in [-0.05, 0) is 34.1 Å². The van der Waals surface area contributed by atoms with Gasteiger partial charge in [0.2, 0.25) is 0 Å². The maximum atomic E-state index is 12.4. The molecule has 0 unspecified atom stereocenters. The van der Waals surface area contributed by atoms with Gasteiger partial charge in [0.05, 0.1) is 16.2 Å². The SMILES string of the molecule is N#Cc1ccccc1S(=O)(=O)Nc1cc([N+](=O)[O-])ccc1Br. The zero-order valence-electron chi connectivity index (χ0n) is 10.9. The van der Waals surface area contributed by atoms with Crippen LogP contribution in [0.2, 0.25) is 0 Å². The summed E-state index contributed by atoms with van der Waals surface area (Å²) in [6.45, 7) is 0. The standard InChI is InChI=1S/C13H8BrN3O4S/c14-11-6-5-10(17(18)19)7-12(11)16-22(20,21)13-4-2-1-3-9(13)8-15/h1-7,16H. The smallest absolute Gasteiger partial charge is 0.271 e. The van der Waals surface area contributed by atoms with Gasteiger partial charge in [0.25, 0.3) is 15.7 Å². The molecule has 0 aromatic heterocycles. The van der Waals surface area contributed by atoms with Crippen LogP contribution in [0, 0.1) is 21.4 Å².